The number of anilines is 1. The number of para-hydroxylation sites is 1. The Morgan fingerprint density at radius 1 is 1.14 bits per heavy atom. The summed E-state index contributed by atoms with van der Waals surface area (Å²) < 4.78 is 34.7. The number of hydrogen-bond acceptors (Lipinski definition) is 6. The van der Waals surface area contributed by atoms with Crippen molar-refractivity contribution in [3.05, 3.63) is 54.1 Å². The van der Waals surface area contributed by atoms with E-state index in [1.165, 1.54) is 7.11 Å². The molecular formula is C26H30N2O6S. The Kier molecular flexibility index (Phi) is 6.31. The van der Waals surface area contributed by atoms with Gasteiger partial charge in [-0.05, 0) is 61.6 Å². The van der Waals surface area contributed by atoms with E-state index in [0.717, 1.165) is 31.2 Å². The fraction of sp³-hybridized carbons (Fsp3) is 0.462. The highest BCUT2D eigenvalue weighted by molar-refractivity contribution is 7.92. The summed E-state index contributed by atoms with van der Waals surface area (Å²) in [6.45, 7) is 0. The normalized spacial score (nSPS) is 24.5. The Bertz CT molecular complexity index is 1210. The van der Waals surface area contributed by atoms with Gasteiger partial charge in [0.25, 0.3) is 10.0 Å². The molecule has 35 heavy (non-hydrogen) atoms. The molecule has 1 N–H and O–H groups in total. The fourth-order valence-corrected chi connectivity index (χ4v) is 7.77. The maximum atomic E-state index is 14.0. The molecule has 2 aliphatic carbocycles. The van der Waals surface area contributed by atoms with Gasteiger partial charge in [-0.25, -0.2) is 8.42 Å². The summed E-state index contributed by atoms with van der Waals surface area (Å²) in [5, 5.41) is 10.0. The van der Waals surface area contributed by atoms with Gasteiger partial charge in [0.2, 0.25) is 0 Å². The topological polar surface area (TPSA) is 104 Å². The number of hydrogen-bond donors (Lipinski definition) is 1. The summed E-state index contributed by atoms with van der Waals surface area (Å²) in [5.74, 6) is -0.492. The molecule has 186 valence electrons. The Labute approximate surface area is 205 Å². The molecule has 0 aromatic heterocycles. The van der Waals surface area contributed by atoms with E-state index in [4.69, 9.17) is 4.74 Å². The number of aliphatic carboxylic acids is 1. The van der Waals surface area contributed by atoms with Crippen molar-refractivity contribution in [1.29, 1.82) is 0 Å². The summed E-state index contributed by atoms with van der Waals surface area (Å²) in [6.07, 6.45) is 4.71. The second kappa shape index (κ2) is 9.28. The van der Waals surface area contributed by atoms with Crippen molar-refractivity contribution in [2.24, 2.45) is 5.92 Å². The predicted octanol–water partition coefficient (Wildman–Crippen LogP) is 3.62. The molecule has 0 bridgehead atoms. The quantitative estimate of drug-likeness (QED) is 0.527. The molecule has 8 nitrogen and oxygen atoms in total. The average Bonchev–Trinajstić information content (AvgIpc) is 3.59. The number of ether oxygens (including phenoxy) is 1. The summed E-state index contributed by atoms with van der Waals surface area (Å²) in [4.78, 5) is 25.9. The third kappa shape index (κ3) is 4.10. The van der Waals surface area contributed by atoms with Crippen LogP contribution in [-0.2, 0) is 19.6 Å². The number of benzene rings is 2. The zero-order chi connectivity index (χ0) is 24.7. The van der Waals surface area contributed by atoms with Crippen LogP contribution < -0.4 is 9.04 Å². The van der Waals surface area contributed by atoms with Gasteiger partial charge in [0.1, 0.15) is 18.1 Å². The SMILES string of the molecule is COc1ccc(S(=O)(=O)N2c3ccccc3[C@H](N(C3CC3)C(CC=O)C(=O)O)[C@H]3CCC[C@H]32)cc1. The minimum absolute atomic E-state index is 0.0629. The first-order valence-corrected chi connectivity index (χ1v) is 13.5. The van der Waals surface area contributed by atoms with Crippen LogP contribution >= 0.6 is 0 Å². The van der Waals surface area contributed by atoms with Crippen LogP contribution in [0.25, 0.3) is 0 Å². The minimum Gasteiger partial charge on any atom is -0.497 e. The molecule has 9 heteroatoms. The number of sulfonamides is 1. The van der Waals surface area contributed by atoms with Crippen LogP contribution in [0.15, 0.2) is 53.4 Å². The Balaban J connectivity index is 1.64. The lowest BCUT2D eigenvalue weighted by Gasteiger charge is -2.49. The van der Waals surface area contributed by atoms with Gasteiger partial charge in [-0.2, -0.15) is 0 Å². The van der Waals surface area contributed by atoms with Gasteiger partial charge in [-0.3, -0.25) is 14.0 Å². The highest BCUT2D eigenvalue weighted by Crippen LogP contribution is 2.54. The first kappa shape index (κ1) is 23.8. The van der Waals surface area contributed by atoms with Crippen molar-refractivity contribution in [2.45, 2.75) is 67.6 Å². The molecule has 0 saturated heterocycles. The van der Waals surface area contributed by atoms with Gasteiger partial charge in [0.15, 0.2) is 0 Å². The summed E-state index contributed by atoms with van der Waals surface area (Å²) in [7, 11) is -2.33. The van der Waals surface area contributed by atoms with Crippen LogP contribution in [0.1, 0.15) is 50.1 Å². The van der Waals surface area contributed by atoms with E-state index in [-0.39, 0.29) is 35.4 Å². The van der Waals surface area contributed by atoms with Gasteiger partial charge in [0, 0.05) is 24.4 Å². The molecule has 2 aromatic rings. The van der Waals surface area contributed by atoms with E-state index in [0.29, 0.717) is 24.1 Å². The third-order valence-corrected chi connectivity index (χ3v) is 9.45. The molecular weight excluding hydrogens is 468 g/mol. The molecule has 0 amide bonds. The molecule has 1 aliphatic heterocycles. The third-order valence-electron chi connectivity index (χ3n) is 7.60. The second-order valence-electron chi connectivity index (χ2n) is 9.58. The lowest BCUT2D eigenvalue weighted by Crippen LogP contribution is -2.55. The summed E-state index contributed by atoms with van der Waals surface area (Å²) >= 11 is 0. The standard InChI is InChI=1S/C26H30N2O6S/c1-34-18-11-13-19(14-12-18)35(32,33)28-22-7-3-2-5-20(22)25(21-6-4-8-23(21)28)27(17-9-10-17)24(15-16-29)26(30)31/h2-3,5,7,11-14,16-17,21,23-25H,4,6,8-10,15H2,1H3,(H,30,31)/t21-,23+,24?,25-/m0/s1. The minimum atomic E-state index is -3.87. The number of carboxylic acid groups (broad SMARTS) is 1. The summed E-state index contributed by atoms with van der Waals surface area (Å²) in [5.41, 5.74) is 1.41. The molecule has 2 fully saturated rings. The molecule has 0 radical (unpaired) electrons. The number of methoxy groups -OCH3 is 1. The summed E-state index contributed by atoms with van der Waals surface area (Å²) in [6, 6.07) is 12.5. The molecule has 0 spiro atoms. The number of aldehydes is 1. The maximum absolute atomic E-state index is 14.0. The first-order valence-electron chi connectivity index (χ1n) is 12.1. The zero-order valence-corrected chi connectivity index (χ0v) is 20.4. The highest BCUT2D eigenvalue weighted by Gasteiger charge is 2.53. The van der Waals surface area contributed by atoms with Gasteiger partial charge in [0.05, 0.1) is 23.7 Å². The van der Waals surface area contributed by atoms with Gasteiger partial charge < -0.3 is 14.6 Å². The highest BCUT2D eigenvalue weighted by atomic mass is 32.2. The Morgan fingerprint density at radius 3 is 2.49 bits per heavy atom. The predicted molar refractivity (Wildman–Crippen MR) is 130 cm³/mol. The largest absolute Gasteiger partial charge is 0.497 e. The number of nitrogens with zero attached hydrogens (tertiary/aromatic N) is 2. The van der Waals surface area contributed by atoms with Crippen LogP contribution in [0.5, 0.6) is 5.75 Å². The van der Waals surface area contributed by atoms with Crippen molar-refractivity contribution >= 4 is 28.0 Å². The Hall–Kier alpha value is -2.91. The van der Waals surface area contributed by atoms with Crippen LogP contribution in [0.4, 0.5) is 5.69 Å². The van der Waals surface area contributed by atoms with Gasteiger partial charge in [-0.1, -0.05) is 24.6 Å². The van der Waals surface area contributed by atoms with Crippen LogP contribution in [0, 0.1) is 5.92 Å². The van der Waals surface area contributed by atoms with Crippen molar-refractivity contribution in [3.63, 3.8) is 0 Å². The lowest BCUT2D eigenvalue weighted by molar-refractivity contribution is -0.146. The maximum Gasteiger partial charge on any atom is 0.321 e. The first-order chi connectivity index (χ1) is 16.9. The van der Waals surface area contributed by atoms with E-state index in [1.807, 2.05) is 29.2 Å². The van der Waals surface area contributed by atoms with Crippen molar-refractivity contribution in [3.8, 4) is 5.75 Å². The molecule has 2 aromatic carbocycles. The second-order valence-corrected chi connectivity index (χ2v) is 11.4. The average molecular weight is 499 g/mol. The van der Waals surface area contributed by atoms with E-state index >= 15 is 0 Å². The van der Waals surface area contributed by atoms with Crippen molar-refractivity contribution in [1.82, 2.24) is 4.90 Å². The zero-order valence-electron chi connectivity index (χ0n) is 19.6. The molecule has 4 atom stereocenters. The van der Waals surface area contributed by atoms with E-state index < -0.39 is 22.0 Å². The molecule has 5 rings (SSSR count). The number of rotatable bonds is 9. The number of fused-ring (bicyclic) bond motifs is 2. The smallest absolute Gasteiger partial charge is 0.321 e. The number of carboxylic acids is 1. The molecule has 1 unspecified atom stereocenters. The Morgan fingerprint density at radius 2 is 1.86 bits per heavy atom. The molecule has 1 heterocycles. The molecule has 2 saturated carbocycles. The van der Waals surface area contributed by atoms with E-state index in [9.17, 15) is 23.1 Å². The van der Waals surface area contributed by atoms with Crippen LogP contribution in [0.3, 0.4) is 0 Å². The van der Waals surface area contributed by atoms with Gasteiger partial charge >= 0.3 is 5.97 Å². The van der Waals surface area contributed by atoms with Crippen molar-refractivity contribution < 1.29 is 27.9 Å². The van der Waals surface area contributed by atoms with Crippen molar-refractivity contribution in [2.75, 3.05) is 11.4 Å². The number of carbonyl (C=O) groups excluding carboxylic acids is 1. The lowest BCUT2D eigenvalue weighted by atomic mass is 9.82. The number of carbonyl (C=O) groups is 2. The van der Waals surface area contributed by atoms with E-state index in [2.05, 4.69) is 0 Å². The molecule has 3 aliphatic rings. The van der Waals surface area contributed by atoms with E-state index in [1.54, 1.807) is 28.6 Å². The fourth-order valence-electron chi connectivity index (χ4n) is 6.02. The van der Waals surface area contributed by atoms with Crippen LogP contribution in [0.2, 0.25) is 0 Å². The van der Waals surface area contributed by atoms with Gasteiger partial charge in [-0.15, -0.1) is 0 Å². The van der Waals surface area contributed by atoms with Crippen LogP contribution in [-0.4, -0.2) is 55.9 Å². The monoisotopic (exact) mass is 498 g/mol.